The smallest absolute Gasteiger partial charge is 0.248 e. The summed E-state index contributed by atoms with van der Waals surface area (Å²) in [6.07, 6.45) is 3.17. The molecule has 28 heavy (non-hydrogen) atoms. The van der Waals surface area contributed by atoms with Gasteiger partial charge in [0.15, 0.2) is 11.5 Å². The van der Waals surface area contributed by atoms with E-state index in [2.05, 4.69) is 5.32 Å². The van der Waals surface area contributed by atoms with Gasteiger partial charge in [-0.05, 0) is 42.3 Å². The minimum absolute atomic E-state index is 0.0366. The van der Waals surface area contributed by atoms with Crippen LogP contribution in [0.15, 0.2) is 48.5 Å². The normalized spacial score (nSPS) is 10.6. The third-order valence-corrected chi connectivity index (χ3v) is 4.13. The van der Waals surface area contributed by atoms with Crippen molar-refractivity contribution >= 4 is 23.6 Å². The van der Waals surface area contributed by atoms with Crippen LogP contribution in [0.25, 0.3) is 6.08 Å². The van der Waals surface area contributed by atoms with Crippen LogP contribution in [-0.4, -0.2) is 37.5 Å². The zero-order chi connectivity index (χ0) is 20.5. The lowest BCUT2D eigenvalue weighted by atomic mass is 10.1. The molecule has 0 aliphatic carbocycles. The standard InChI is InChI=1S/C22H26N2O4/c1-5-28-20-12-10-17(14-21(20)27-4)11-13-22(26)23-19-9-7-6-8-18(19)15-24(3)16(2)25/h6-14H,5,15H2,1-4H3,(H,23,26)/b13-11+. The molecule has 0 aliphatic heterocycles. The van der Waals surface area contributed by atoms with E-state index in [0.29, 0.717) is 30.3 Å². The Kier molecular flexibility index (Phi) is 7.63. The molecule has 0 saturated heterocycles. The fourth-order valence-corrected chi connectivity index (χ4v) is 2.56. The van der Waals surface area contributed by atoms with Gasteiger partial charge in [0, 0.05) is 32.3 Å². The number of rotatable bonds is 8. The van der Waals surface area contributed by atoms with E-state index in [4.69, 9.17) is 9.47 Å². The number of anilines is 1. The number of hydrogen-bond acceptors (Lipinski definition) is 4. The first-order chi connectivity index (χ1) is 13.4. The monoisotopic (exact) mass is 382 g/mol. The van der Waals surface area contributed by atoms with Crippen molar-refractivity contribution < 1.29 is 19.1 Å². The molecule has 0 radical (unpaired) electrons. The molecular weight excluding hydrogens is 356 g/mol. The molecule has 148 valence electrons. The van der Waals surface area contributed by atoms with Crippen LogP contribution in [0.4, 0.5) is 5.69 Å². The maximum Gasteiger partial charge on any atom is 0.248 e. The number of para-hydroxylation sites is 1. The highest BCUT2D eigenvalue weighted by Gasteiger charge is 2.09. The Morgan fingerprint density at radius 1 is 1.14 bits per heavy atom. The molecule has 0 heterocycles. The average Bonchev–Trinajstić information content (AvgIpc) is 2.68. The van der Waals surface area contributed by atoms with Gasteiger partial charge in [0.1, 0.15) is 0 Å². The summed E-state index contributed by atoms with van der Waals surface area (Å²) in [5.41, 5.74) is 2.36. The Morgan fingerprint density at radius 2 is 1.89 bits per heavy atom. The molecule has 0 fully saturated rings. The average molecular weight is 382 g/mol. The molecule has 0 atom stereocenters. The van der Waals surface area contributed by atoms with Gasteiger partial charge in [-0.1, -0.05) is 24.3 Å². The second-order valence-electron chi connectivity index (χ2n) is 6.20. The zero-order valence-electron chi connectivity index (χ0n) is 16.7. The molecule has 2 rings (SSSR count). The molecular formula is C22H26N2O4. The maximum absolute atomic E-state index is 12.3. The van der Waals surface area contributed by atoms with Gasteiger partial charge >= 0.3 is 0 Å². The molecule has 6 heteroatoms. The van der Waals surface area contributed by atoms with Crippen LogP contribution in [0.2, 0.25) is 0 Å². The van der Waals surface area contributed by atoms with Gasteiger partial charge in [-0.3, -0.25) is 9.59 Å². The van der Waals surface area contributed by atoms with Crippen LogP contribution < -0.4 is 14.8 Å². The number of methoxy groups -OCH3 is 1. The van der Waals surface area contributed by atoms with Crippen molar-refractivity contribution in [2.45, 2.75) is 20.4 Å². The Hall–Kier alpha value is -3.28. The lowest BCUT2D eigenvalue weighted by Gasteiger charge is -2.17. The summed E-state index contributed by atoms with van der Waals surface area (Å²) in [6, 6.07) is 12.9. The molecule has 2 aromatic rings. The summed E-state index contributed by atoms with van der Waals surface area (Å²) in [6.45, 7) is 4.39. The summed E-state index contributed by atoms with van der Waals surface area (Å²) in [5, 5.41) is 2.87. The quantitative estimate of drug-likeness (QED) is 0.707. The third-order valence-electron chi connectivity index (χ3n) is 4.13. The van der Waals surface area contributed by atoms with E-state index in [-0.39, 0.29) is 11.8 Å². The van der Waals surface area contributed by atoms with Crippen LogP contribution in [0.3, 0.4) is 0 Å². The Labute approximate surface area is 165 Å². The number of benzene rings is 2. The second-order valence-corrected chi connectivity index (χ2v) is 6.20. The summed E-state index contributed by atoms with van der Waals surface area (Å²) in [4.78, 5) is 25.4. The number of amides is 2. The number of hydrogen-bond donors (Lipinski definition) is 1. The number of ether oxygens (including phenoxy) is 2. The second kappa shape index (κ2) is 10.2. The van der Waals surface area contributed by atoms with Gasteiger partial charge in [0.2, 0.25) is 11.8 Å². The first-order valence-corrected chi connectivity index (χ1v) is 9.04. The lowest BCUT2D eigenvalue weighted by Crippen LogP contribution is -2.24. The van der Waals surface area contributed by atoms with E-state index in [1.54, 1.807) is 25.1 Å². The first-order valence-electron chi connectivity index (χ1n) is 9.04. The van der Waals surface area contributed by atoms with E-state index in [9.17, 15) is 9.59 Å². The van der Waals surface area contributed by atoms with Gasteiger partial charge in [0.25, 0.3) is 0 Å². The zero-order valence-corrected chi connectivity index (χ0v) is 16.7. The molecule has 2 aromatic carbocycles. The molecule has 0 bridgehead atoms. The minimum atomic E-state index is -0.259. The van der Waals surface area contributed by atoms with Crippen molar-refractivity contribution in [1.82, 2.24) is 4.90 Å². The predicted octanol–water partition coefficient (Wildman–Crippen LogP) is 3.72. The number of nitrogens with zero attached hydrogens (tertiary/aromatic N) is 1. The molecule has 0 unspecified atom stereocenters. The highest BCUT2D eigenvalue weighted by Crippen LogP contribution is 2.28. The number of carbonyl (C=O) groups is 2. The topological polar surface area (TPSA) is 67.9 Å². The van der Waals surface area contributed by atoms with Crippen molar-refractivity contribution in [1.29, 1.82) is 0 Å². The van der Waals surface area contributed by atoms with Crippen molar-refractivity contribution in [3.63, 3.8) is 0 Å². The van der Waals surface area contributed by atoms with Crippen LogP contribution in [-0.2, 0) is 16.1 Å². The predicted molar refractivity (Wildman–Crippen MR) is 110 cm³/mol. The van der Waals surface area contributed by atoms with E-state index < -0.39 is 0 Å². The van der Waals surface area contributed by atoms with E-state index in [0.717, 1.165) is 11.1 Å². The maximum atomic E-state index is 12.3. The molecule has 0 aromatic heterocycles. The van der Waals surface area contributed by atoms with Crippen LogP contribution in [0, 0.1) is 0 Å². The first kappa shape index (κ1) is 21.0. The van der Waals surface area contributed by atoms with Gasteiger partial charge in [-0.25, -0.2) is 0 Å². The van der Waals surface area contributed by atoms with Crippen LogP contribution in [0.1, 0.15) is 25.0 Å². The SMILES string of the molecule is CCOc1ccc(/C=C/C(=O)Nc2ccccc2CN(C)C(C)=O)cc1OC. The summed E-state index contributed by atoms with van der Waals surface area (Å²) >= 11 is 0. The van der Waals surface area contributed by atoms with Crippen molar-refractivity contribution in [3.05, 3.63) is 59.7 Å². The number of carbonyl (C=O) groups excluding carboxylic acids is 2. The van der Waals surface area contributed by atoms with Crippen LogP contribution >= 0.6 is 0 Å². The Morgan fingerprint density at radius 3 is 2.57 bits per heavy atom. The Balaban J connectivity index is 2.09. The van der Waals surface area contributed by atoms with E-state index in [1.165, 1.54) is 13.0 Å². The van der Waals surface area contributed by atoms with Crippen LogP contribution in [0.5, 0.6) is 11.5 Å². The molecule has 2 amide bonds. The summed E-state index contributed by atoms with van der Waals surface area (Å²) in [5.74, 6) is 0.980. The fraction of sp³-hybridized carbons (Fsp3) is 0.273. The highest BCUT2D eigenvalue weighted by molar-refractivity contribution is 6.02. The largest absolute Gasteiger partial charge is 0.493 e. The highest BCUT2D eigenvalue weighted by atomic mass is 16.5. The molecule has 6 nitrogen and oxygen atoms in total. The van der Waals surface area contributed by atoms with Crippen molar-refractivity contribution in [3.8, 4) is 11.5 Å². The number of nitrogens with one attached hydrogen (secondary N) is 1. The summed E-state index contributed by atoms with van der Waals surface area (Å²) in [7, 11) is 3.30. The van der Waals surface area contributed by atoms with Crippen molar-refractivity contribution in [2.24, 2.45) is 0 Å². The van der Waals surface area contributed by atoms with E-state index >= 15 is 0 Å². The third kappa shape index (κ3) is 5.87. The molecule has 0 saturated carbocycles. The van der Waals surface area contributed by atoms with Gasteiger partial charge in [-0.2, -0.15) is 0 Å². The Bertz CT molecular complexity index is 861. The molecule has 0 aliphatic rings. The van der Waals surface area contributed by atoms with Gasteiger partial charge in [0.05, 0.1) is 13.7 Å². The fourth-order valence-electron chi connectivity index (χ4n) is 2.56. The minimum Gasteiger partial charge on any atom is -0.493 e. The lowest BCUT2D eigenvalue weighted by molar-refractivity contribution is -0.128. The van der Waals surface area contributed by atoms with E-state index in [1.807, 2.05) is 49.4 Å². The van der Waals surface area contributed by atoms with Crippen molar-refractivity contribution in [2.75, 3.05) is 26.1 Å². The molecule has 0 spiro atoms. The van der Waals surface area contributed by atoms with Gasteiger partial charge in [-0.15, -0.1) is 0 Å². The summed E-state index contributed by atoms with van der Waals surface area (Å²) < 4.78 is 10.8. The molecule has 1 N–H and O–H groups in total. The van der Waals surface area contributed by atoms with Gasteiger partial charge < -0.3 is 19.7 Å².